The van der Waals surface area contributed by atoms with Crippen LogP contribution in [0.5, 0.6) is 11.5 Å². The Labute approximate surface area is 171 Å². The standard InChI is InChI=1S/C21H28N4O4/c1-6-28-20-9-7-8-18(23-21(26)25(4)22)17(20)13-29-19-11-10-16(12-14(19)2)15(3)24-27-5/h7-12H,6,13,22H2,1-5H3,(H,23,26). The highest BCUT2D eigenvalue weighted by molar-refractivity contribution is 5.98. The number of oxime groups is 1. The van der Waals surface area contributed by atoms with E-state index >= 15 is 0 Å². The van der Waals surface area contributed by atoms with Gasteiger partial charge in [-0.1, -0.05) is 11.2 Å². The summed E-state index contributed by atoms with van der Waals surface area (Å²) in [5.74, 6) is 6.88. The molecule has 0 fully saturated rings. The van der Waals surface area contributed by atoms with Crippen LogP contribution in [0.25, 0.3) is 0 Å². The molecule has 0 saturated heterocycles. The van der Waals surface area contributed by atoms with Gasteiger partial charge in [0.15, 0.2) is 0 Å². The number of amides is 2. The number of hydrogen-bond acceptors (Lipinski definition) is 6. The summed E-state index contributed by atoms with van der Waals surface area (Å²) >= 11 is 0. The van der Waals surface area contributed by atoms with E-state index < -0.39 is 6.03 Å². The number of carbonyl (C=O) groups is 1. The molecule has 0 aromatic heterocycles. The zero-order chi connectivity index (χ0) is 21.4. The molecule has 0 spiro atoms. The second-order valence-electron chi connectivity index (χ2n) is 6.38. The van der Waals surface area contributed by atoms with Crippen LogP contribution in [0.3, 0.4) is 0 Å². The number of hydrogen-bond donors (Lipinski definition) is 2. The van der Waals surface area contributed by atoms with E-state index in [4.69, 9.17) is 20.2 Å². The minimum Gasteiger partial charge on any atom is -0.493 e. The average molecular weight is 400 g/mol. The Morgan fingerprint density at radius 1 is 1.21 bits per heavy atom. The van der Waals surface area contributed by atoms with Gasteiger partial charge in [-0.15, -0.1) is 0 Å². The van der Waals surface area contributed by atoms with E-state index in [-0.39, 0.29) is 6.61 Å². The van der Waals surface area contributed by atoms with Crippen molar-refractivity contribution >= 4 is 17.4 Å². The fourth-order valence-corrected chi connectivity index (χ4v) is 2.70. The molecule has 0 saturated carbocycles. The number of rotatable bonds is 8. The van der Waals surface area contributed by atoms with Crippen molar-refractivity contribution in [1.82, 2.24) is 5.01 Å². The molecule has 2 amide bonds. The molecular formula is C21H28N4O4. The zero-order valence-corrected chi connectivity index (χ0v) is 17.5. The SMILES string of the molecule is CCOc1cccc(NC(=O)N(C)N)c1COc1ccc(C(C)=NOC)cc1C. The van der Waals surface area contributed by atoms with E-state index in [1.54, 1.807) is 12.1 Å². The summed E-state index contributed by atoms with van der Waals surface area (Å²) in [5.41, 5.74) is 3.99. The molecule has 0 aliphatic heterocycles. The van der Waals surface area contributed by atoms with Crippen LogP contribution in [0.1, 0.15) is 30.5 Å². The number of aryl methyl sites for hydroxylation is 1. The molecule has 2 aromatic rings. The summed E-state index contributed by atoms with van der Waals surface area (Å²) in [6.45, 7) is 6.44. The lowest BCUT2D eigenvalue weighted by molar-refractivity contribution is 0.213. The molecular weight excluding hydrogens is 372 g/mol. The third kappa shape index (κ3) is 5.86. The van der Waals surface area contributed by atoms with Crippen molar-refractivity contribution in [3.63, 3.8) is 0 Å². The molecule has 8 nitrogen and oxygen atoms in total. The smallest absolute Gasteiger partial charge is 0.335 e. The third-order valence-electron chi connectivity index (χ3n) is 4.19. The van der Waals surface area contributed by atoms with E-state index in [0.717, 1.165) is 33.2 Å². The van der Waals surface area contributed by atoms with Gasteiger partial charge >= 0.3 is 6.03 Å². The highest BCUT2D eigenvalue weighted by Gasteiger charge is 2.15. The van der Waals surface area contributed by atoms with Crippen LogP contribution in [-0.4, -0.2) is 37.5 Å². The number of carbonyl (C=O) groups excluding carboxylic acids is 1. The summed E-state index contributed by atoms with van der Waals surface area (Å²) in [7, 11) is 2.99. The molecule has 0 atom stereocenters. The van der Waals surface area contributed by atoms with Crippen LogP contribution in [0, 0.1) is 6.92 Å². The van der Waals surface area contributed by atoms with Gasteiger partial charge in [-0.25, -0.2) is 10.6 Å². The topological polar surface area (TPSA) is 98.4 Å². The number of nitrogens with one attached hydrogen (secondary N) is 1. The number of urea groups is 1. The van der Waals surface area contributed by atoms with E-state index in [0.29, 0.717) is 18.0 Å². The third-order valence-corrected chi connectivity index (χ3v) is 4.19. The first-order chi connectivity index (χ1) is 13.9. The molecule has 0 aliphatic carbocycles. The zero-order valence-electron chi connectivity index (χ0n) is 17.5. The van der Waals surface area contributed by atoms with Crippen LogP contribution in [-0.2, 0) is 11.4 Å². The lowest BCUT2D eigenvalue weighted by atomic mass is 10.1. The fourth-order valence-electron chi connectivity index (χ4n) is 2.70. The van der Waals surface area contributed by atoms with Gasteiger partial charge < -0.3 is 19.6 Å². The molecule has 0 radical (unpaired) electrons. The van der Waals surface area contributed by atoms with E-state index in [2.05, 4.69) is 10.5 Å². The number of hydrazine groups is 1. The van der Waals surface area contributed by atoms with Crippen LogP contribution in [0.15, 0.2) is 41.6 Å². The predicted molar refractivity (Wildman–Crippen MR) is 113 cm³/mol. The van der Waals surface area contributed by atoms with E-state index in [1.165, 1.54) is 14.2 Å². The first-order valence-electron chi connectivity index (χ1n) is 9.23. The van der Waals surface area contributed by atoms with E-state index in [1.807, 2.05) is 45.0 Å². The molecule has 8 heteroatoms. The summed E-state index contributed by atoms with van der Waals surface area (Å²) < 4.78 is 11.8. The largest absolute Gasteiger partial charge is 0.493 e. The maximum absolute atomic E-state index is 12.0. The molecule has 29 heavy (non-hydrogen) atoms. The van der Waals surface area contributed by atoms with Crippen LogP contribution >= 0.6 is 0 Å². The van der Waals surface area contributed by atoms with Gasteiger partial charge in [0, 0.05) is 7.05 Å². The Morgan fingerprint density at radius 3 is 2.59 bits per heavy atom. The maximum Gasteiger partial charge on any atom is 0.335 e. The number of ether oxygens (including phenoxy) is 2. The molecule has 0 bridgehead atoms. The van der Waals surface area contributed by atoms with Gasteiger partial charge in [0.25, 0.3) is 0 Å². The number of anilines is 1. The average Bonchev–Trinajstić information content (AvgIpc) is 2.68. The van der Waals surface area contributed by atoms with Gasteiger partial charge in [0.05, 0.1) is 23.6 Å². The first kappa shape index (κ1) is 22.0. The van der Waals surface area contributed by atoms with Gasteiger partial charge in [-0.3, -0.25) is 5.01 Å². The Morgan fingerprint density at radius 2 is 1.97 bits per heavy atom. The Bertz CT molecular complexity index is 881. The van der Waals surface area contributed by atoms with Gasteiger partial charge in [0.2, 0.25) is 0 Å². The fraction of sp³-hybridized carbons (Fsp3) is 0.333. The van der Waals surface area contributed by atoms with Gasteiger partial charge in [-0.05, 0) is 62.2 Å². The molecule has 3 N–H and O–H groups in total. The minimum absolute atomic E-state index is 0.214. The van der Waals surface area contributed by atoms with Gasteiger partial charge in [-0.2, -0.15) is 0 Å². The van der Waals surface area contributed by atoms with E-state index in [9.17, 15) is 4.79 Å². The number of benzene rings is 2. The minimum atomic E-state index is -0.437. The molecule has 2 rings (SSSR count). The molecule has 0 heterocycles. The summed E-state index contributed by atoms with van der Waals surface area (Å²) in [6.07, 6.45) is 0. The number of nitrogens with zero attached hydrogens (tertiary/aromatic N) is 2. The summed E-state index contributed by atoms with van der Waals surface area (Å²) in [4.78, 5) is 16.8. The van der Waals surface area contributed by atoms with Crippen LogP contribution in [0.4, 0.5) is 10.5 Å². The highest BCUT2D eigenvalue weighted by Crippen LogP contribution is 2.29. The monoisotopic (exact) mass is 400 g/mol. The van der Waals surface area contributed by atoms with Crippen LogP contribution in [0.2, 0.25) is 0 Å². The van der Waals surface area contributed by atoms with Crippen LogP contribution < -0.4 is 20.6 Å². The first-order valence-corrected chi connectivity index (χ1v) is 9.23. The second kappa shape index (κ2) is 10.3. The summed E-state index contributed by atoms with van der Waals surface area (Å²) in [6, 6.07) is 10.8. The normalized spacial score (nSPS) is 11.0. The van der Waals surface area contributed by atoms with Crippen molar-refractivity contribution in [2.75, 3.05) is 26.1 Å². The molecule has 0 aliphatic rings. The Hall–Kier alpha value is -3.26. The summed E-state index contributed by atoms with van der Waals surface area (Å²) in [5, 5.41) is 7.70. The second-order valence-corrected chi connectivity index (χ2v) is 6.38. The van der Waals surface area contributed by atoms with Crippen molar-refractivity contribution in [3.05, 3.63) is 53.1 Å². The number of nitrogens with two attached hydrogens (primary N) is 1. The van der Waals surface area contributed by atoms with Crippen molar-refractivity contribution in [3.8, 4) is 11.5 Å². The lowest BCUT2D eigenvalue weighted by Gasteiger charge is -2.18. The van der Waals surface area contributed by atoms with Gasteiger partial charge in [0.1, 0.15) is 25.2 Å². The van der Waals surface area contributed by atoms with Crippen molar-refractivity contribution in [2.24, 2.45) is 11.0 Å². The Kier molecular flexibility index (Phi) is 7.85. The van der Waals surface area contributed by atoms with Crippen molar-refractivity contribution in [2.45, 2.75) is 27.4 Å². The maximum atomic E-state index is 12.0. The quantitative estimate of drug-likeness (QED) is 0.305. The lowest BCUT2D eigenvalue weighted by Crippen LogP contribution is -2.37. The predicted octanol–water partition coefficient (Wildman–Crippen LogP) is 3.68. The highest BCUT2D eigenvalue weighted by atomic mass is 16.6. The molecule has 156 valence electrons. The molecule has 2 aromatic carbocycles. The van der Waals surface area contributed by atoms with Crippen molar-refractivity contribution in [1.29, 1.82) is 0 Å². The Balaban J connectivity index is 2.26. The molecule has 0 unspecified atom stereocenters. The van der Waals surface area contributed by atoms with Crippen molar-refractivity contribution < 1.29 is 19.1 Å².